The highest BCUT2D eigenvalue weighted by molar-refractivity contribution is 5.85. The molecule has 2 N–H and O–H groups in total. The summed E-state index contributed by atoms with van der Waals surface area (Å²) >= 11 is 0. The van der Waals surface area contributed by atoms with Crippen LogP contribution in [0.25, 0.3) is 11.4 Å². The number of carbonyl (C=O) groups is 1. The van der Waals surface area contributed by atoms with E-state index in [9.17, 15) is 4.79 Å². The number of hydrogen-bond donors (Lipinski definition) is 1. The van der Waals surface area contributed by atoms with Crippen LogP contribution in [-0.2, 0) is 11.3 Å². The van der Waals surface area contributed by atoms with Crippen LogP contribution in [0.3, 0.4) is 0 Å². The summed E-state index contributed by atoms with van der Waals surface area (Å²) in [6.07, 6.45) is 1.73. The lowest BCUT2D eigenvalue weighted by atomic mass is 9.96. The second-order valence-corrected chi connectivity index (χ2v) is 6.61. The van der Waals surface area contributed by atoms with Crippen LogP contribution in [0.5, 0.6) is 0 Å². The molecule has 1 aliphatic rings. The van der Waals surface area contributed by atoms with Gasteiger partial charge >= 0.3 is 0 Å². The predicted molar refractivity (Wildman–Crippen MR) is 98.3 cm³/mol. The van der Waals surface area contributed by atoms with E-state index in [1.807, 2.05) is 43.0 Å². The van der Waals surface area contributed by atoms with E-state index in [0.29, 0.717) is 18.3 Å². The second kappa shape index (κ2) is 8.45. The Kier molecular flexibility index (Phi) is 6.56. The molecule has 6 nitrogen and oxygen atoms in total. The van der Waals surface area contributed by atoms with Crippen molar-refractivity contribution in [3.63, 3.8) is 0 Å². The van der Waals surface area contributed by atoms with E-state index in [4.69, 9.17) is 10.3 Å². The molecule has 0 unspecified atom stereocenters. The van der Waals surface area contributed by atoms with Crippen molar-refractivity contribution in [2.75, 3.05) is 13.1 Å². The van der Waals surface area contributed by atoms with Crippen molar-refractivity contribution in [2.45, 2.75) is 39.2 Å². The summed E-state index contributed by atoms with van der Waals surface area (Å²) in [5.41, 5.74) is 7.61. The smallest absolute Gasteiger partial charge is 0.230 e. The summed E-state index contributed by atoms with van der Waals surface area (Å²) < 4.78 is 5.47. The minimum absolute atomic E-state index is 0. The molecule has 0 saturated carbocycles. The largest absolute Gasteiger partial charge is 0.342 e. The normalized spacial score (nSPS) is 15.3. The Morgan fingerprint density at radius 1 is 1.28 bits per heavy atom. The molecule has 1 amide bonds. The van der Waals surface area contributed by atoms with Crippen molar-refractivity contribution in [3.8, 4) is 11.4 Å². The van der Waals surface area contributed by atoms with E-state index in [2.05, 4.69) is 10.1 Å². The van der Waals surface area contributed by atoms with Gasteiger partial charge in [-0.25, -0.2) is 0 Å². The van der Waals surface area contributed by atoms with Gasteiger partial charge in [0.2, 0.25) is 17.6 Å². The lowest BCUT2D eigenvalue weighted by Gasteiger charge is -2.31. The van der Waals surface area contributed by atoms with E-state index < -0.39 is 0 Å². The third kappa shape index (κ3) is 4.38. The van der Waals surface area contributed by atoms with Crippen LogP contribution in [0.1, 0.15) is 44.1 Å². The molecule has 7 heteroatoms. The molecular weight excluding hydrogens is 340 g/mol. The monoisotopic (exact) mass is 364 g/mol. The first-order valence-electron chi connectivity index (χ1n) is 8.50. The molecule has 1 saturated heterocycles. The van der Waals surface area contributed by atoms with Crippen molar-refractivity contribution in [2.24, 2.45) is 11.7 Å². The van der Waals surface area contributed by atoms with Gasteiger partial charge in [-0.05, 0) is 18.4 Å². The van der Waals surface area contributed by atoms with Gasteiger partial charge in [0.05, 0.1) is 0 Å². The first-order valence-corrected chi connectivity index (χ1v) is 8.50. The highest BCUT2D eigenvalue weighted by Crippen LogP contribution is 2.29. The van der Waals surface area contributed by atoms with Gasteiger partial charge in [0.15, 0.2) is 0 Å². The highest BCUT2D eigenvalue weighted by Gasteiger charge is 2.28. The molecule has 2 heterocycles. The lowest BCUT2D eigenvalue weighted by molar-refractivity contribution is -0.135. The lowest BCUT2D eigenvalue weighted by Crippen LogP contribution is -2.40. The first kappa shape index (κ1) is 19.4. The molecule has 0 aliphatic carbocycles. The first-order chi connectivity index (χ1) is 11.6. The number of aromatic nitrogens is 2. The average molecular weight is 365 g/mol. The molecule has 1 aromatic heterocycles. The zero-order valence-electron chi connectivity index (χ0n) is 14.6. The second-order valence-electron chi connectivity index (χ2n) is 6.61. The molecule has 1 aliphatic heterocycles. The highest BCUT2D eigenvalue weighted by atomic mass is 35.5. The Balaban J connectivity index is 0.00000225. The molecule has 25 heavy (non-hydrogen) atoms. The summed E-state index contributed by atoms with van der Waals surface area (Å²) in [6.45, 7) is 5.91. The number of benzene rings is 1. The van der Waals surface area contributed by atoms with E-state index in [1.54, 1.807) is 0 Å². The van der Waals surface area contributed by atoms with Gasteiger partial charge in [-0.2, -0.15) is 4.98 Å². The van der Waals surface area contributed by atoms with Gasteiger partial charge in [0.25, 0.3) is 0 Å². The summed E-state index contributed by atoms with van der Waals surface area (Å²) in [4.78, 5) is 18.5. The predicted octanol–water partition coefficient (Wildman–Crippen LogP) is 2.98. The minimum atomic E-state index is 0. The molecule has 2 aromatic rings. The molecule has 0 spiro atoms. The van der Waals surface area contributed by atoms with Crippen LogP contribution < -0.4 is 5.73 Å². The number of nitrogens with two attached hydrogens (primary N) is 1. The van der Waals surface area contributed by atoms with Gasteiger partial charge in [-0.15, -0.1) is 12.4 Å². The molecule has 1 fully saturated rings. The number of piperidine rings is 1. The zero-order chi connectivity index (χ0) is 17.1. The van der Waals surface area contributed by atoms with Crippen molar-refractivity contribution < 1.29 is 9.32 Å². The van der Waals surface area contributed by atoms with Crippen molar-refractivity contribution in [1.82, 2.24) is 15.0 Å². The Morgan fingerprint density at radius 2 is 1.92 bits per heavy atom. The van der Waals surface area contributed by atoms with Crippen molar-refractivity contribution in [1.29, 1.82) is 0 Å². The van der Waals surface area contributed by atoms with E-state index >= 15 is 0 Å². The van der Waals surface area contributed by atoms with Crippen molar-refractivity contribution >= 4 is 18.3 Å². The maximum Gasteiger partial charge on any atom is 0.230 e. The Morgan fingerprint density at radius 3 is 2.48 bits per heavy atom. The number of carbonyl (C=O) groups excluding carboxylic acids is 1. The van der Waals surface area contributed by atoms with Crippen LogP contribution in [-0.4, -0.2) is 34.0 Å². The molecule has 3 rings (SSSR count). The van der Waals surface area contributed by atoms with Gasteiger partial charge in [-0.3, -0.25) is 4.79 Å². The third-order valence-electron chi connectivity index (χ3n) is 4.54. The van der Waals surface area contributed by atoms with Crippen LogP contribution in [0.15, 0.2) is 28.8 Å². The number of rotatable bonds is 4. The number of likely N-dealkylation sites (tertiary alicyclic amines) is 1. The van der Waals surface area contributed by atoms with Crippen LogP contribution in [0, 0.1) is 5.92 Å². The fourth-order valence-corrected chi connectivity index (χ4v) is 3.02. The maximum absolute atomic E-state index is 12.0. The van der Waals surface area contributed by atoms with Crippen LogP contribution in [0.4, 0.5) is 0 Å². The van der Waals surface area contributed by atoms with Gasteiger partial charge in [-0.1, -0.05) is 43.3 Å². The summed E-state index contributed by atoms with van der Waals surface area (Å²) in [5, 5.41) is 4.10. The standard InChI is InChI=1S/C18H24N4O2.ClH/c1-12(2)18(23)22-9-7-15(8-10-22)17-20-16(21-24-17)14-5-3-13(11-19)4-6-14;/h3-6,12,15H,7-11,19H2,1-2H3;1H. The molecule has 0 radical (unpaired) electrons. The van der Waals surface area contributed by atoms with Crippen LogP contribution in [0.2, 0.25) is 0 Å². The average Bonchev–Trinajstić information content (AvgIpc) is 3.11. The fraction of sp³-hybridized carbons (Fsp3) is 0.500. The van der Waals surface area contributed by atoms with E-state index in [0.717, 1.165) is 37.1 Å². The number of hydrogen-bond acceptors (Lipinski definition) is 5. The molecule has 0 atom stereocenters. The SMILES string of the molecule is CC(C)C(=O)N1CCC(c2nc(-c3ccc(CN)cc3)no2)CC1.Cl. The third-order valence-corrected chi connectivity index (χ3v) is 4.54. The summed E-state index contributed by atoms with van der Waals surface area (Å²) in [7, 11) is 0. The number of amides is 1. The van der Waals surface area contributed by atoms with Gasteiger partial charge in [0.1, 0.15) is 0 Å². The Labute approximate surface area is 154 Å². The van der Waals surface area contributed by atoms with E-state index in [-0.39, 0.29) is 30.2 Å². The van der Waals surface area contributed by atoms with Crippen molar-refractivity contribution in [3.05, 3.63) is 35.7 Å². The number of halogens is 1. The fourth-order valence-electron chi connectivity index (χ4n) is 3.02. The summed E-state index contributed by atoms with van der Waals surface area (Å²) in [5.74, 6) is 1.78. The minimum Gasteiger partial charge on any atom is -0.342 e. The van der Waals surface area contributed by atoms with E-state index in [1.165, 1.54) is 0 Å². The number of nitrogens with zero attached hydrogens (tertiary/aromatic N) is 3. The quantitative estimate of drug-likeness (QED) is 0.901. The Hall–Kier alpha value is -1.92. The Bertz CT molecular complexity index is 691. The summed E-state index contributed by atoms with van der Waals surface area (Å²) in [6, 6.07) is 7.87. The van der Waals surface area contributed by atoms with Gasteiger partial charge < -0.3 is 15.2 Å². The molecule has 136 valence electrons. The zero-order valence-corrected chi connectivity index (χ0v) is 15.5. The maximum atomic E-state index is 12.0. The molecular formula is C18H25ClN4O2. The topological polar surface area (TPSA) is 85.2 Å². The van der Waals surface area contributed by atoms with Crippen LogP contribution >= 0.6 is 12.4 Å². The van der Waals surface area contributed by atoms with Gasteiger partial charge in [0, 0.05) is 37.0 Å². The molecule has 1 aromatic carbocycles. The molecule has 0 bridgehead atoms.